The van der Waals surface area contributed by atoms with Gasteiger partial charge in [-0.25, -0.2) is 4.79 Å². The summed E-state index contributed by atoms with van der Waals surface area (Å²) in [6.07, 6.45) is 0.488. The Morgan fingerprint density at radius 2 is 1.76 bits per heavy atom. The molecular weight excluding hydrogens is 342 g/mol. The van der Waals surface area contributed by atoms with Crippen LogP contribution in [0.25, 0.3) is 0 Å². The van der Waals surface area contributed by atoms with Crippen LogP contribution in [0.15, 0.2) is 42.5 Å². The fourth-order valence-corrected chi connectivity index (χ4v) is 2.16. The van der Waals surface area contributed by atoms with Gasteiger partial charge in [-0.3, -0.25) is 0 Å². The molecule has 0 heterocycles. The number of nitrogens with two attached hydrogens (primary N) is 1. The second kappa shape index (κ2) is 9.18. The lowest BCUT2D eigenvalue weighted by Gasteiger charge is -2.12. The summed E-state index contributed by atoms with van der Waals surface area (Å²) in [5, 5.41) is 0.669. The Hall–Kier alpha value is -2.40. The minimum absolute atomic E-state index is 0.181. The van der Waals surface area contributed by atoms with Crippen LogP contribution in [-0.2, 0) is 4.74 Å². The molecule has 134 valence electrons. The zero-order chi connectivity index (χ0) is 18.2. The Bertz CT molecular complexity index is 701. The highest BCUT2D eigenvalue weighted by Crippen LogP contribution is 2.24. The number of benzene rings is 2. The summed E-state index contributed by atoms with van der Waals surface area (Å²) < 4.78 is 16.4. The summed E-state index contributed by atoms with van der Waals surface area (Å²) in [7, 11) is 0. The molecule has 0 spiro atoms. The number of carbonyl (C=O) groups is 1. The van der Waals surface area contributed by atoms with Crippen LogP contribution in [0.1, 0.15) is 30.6 Å². The average Bonchev–Trinajstić information content (AvgIpc) is 2.57. The zero-order valence-electron chi connectivity index (χ0n) is 14.3. The van der Waals surface area contributed by atoms with Crippen molar-refractivity contribution in [3.05, 3.63) is 53.1 Å². The molecule has 0 atom stereocenters. The van der Waals surface area contributed by atoms with Gasteiger partial charge in [0.05, 0.1) is 30.6 Å². The van der Waals surface area contributed by atoms with Crippen LogP contribution in [0.3, 0.4) is 0 Å². The van der Waals surface area contributed by atoms with Gasteiger partial charge in [0.2, 0.25) is 0 Å². The molecular formula is C19H22ClNO4. The summed E-state index contributed by atoms with van der Waals surface area (Å²) >= 11 is 5.82. The maximum Gasteiger partial charge on any atom is 0.338 e. The molecule has 0 bridgehead atoms. The van der Waals surface area contributed by atoms with Crippen LogP contribution in [0.4, 0.5) is 5.69 Å². The van der Waals surface area contributed by atoms with Gasteiger partial charge in [0, 0.05) is 11.4 Å². The highest BCUT2D eigenvalue weighted by molar-refractivity contribution is 6.30. The van der Waals surface area contributed by atoms with E-state index in [2.05, 4.69) is 0 Å². The lowest BCUT2D eigenvalue weighted by atomic mass is 10.2. The minimum Gasteiger partial charge on any atom is -0.493 e. The largest absolute Gasteiger partial charge is 0.493 e. The lowest BCUT2D eigenvalue weighted by molar-refractivity contribution is 0.0377. The molecule has 2 aromatic rings. The Labute approximate surface area is 152 Å². The van der Waals surface area contributed by atoms with E-state index in [4.69, 9.17) is 31.5 Å². The van der Waals surface area contributed by atoms with Crippen LogP contribution in [0, 0.1) is 0 Å². The van der Waals surface area contributed by atoms with Gasteiger partial charge in [0.1, 0.15) is 11.5 Å². The normalized spacial score (nSPS) is 10.6. The molecule has 5 nitrogen and oxygen atoms in total. The van der Waals surface area contributed by atoms with E-state index < -0.39 is 5.97 Å². The van der Waals surface area contributed by atoms with Crippen molar-refractivity contribution < 1.29 is 19.0 Å². The average molecular weight is 364 g/mol. The van der Waals surface area contributed by atoms with Crippen LogP contribution in [0.2, 0.25) is 5.02 Å². The first-order valence-electron chi connectivity index (χ1n) is 8.07. The topological polar surface area (TPSA) is 70.8 Å². The number of halogens is 1. The fourth-order valence-electron chi connectivity index (χ4n) is 2.03. The molecule has 2 aromatic carbocycles. The zero-order valence-corrected chi connectivity index (χ0v) is 15.1. The van der Waals surface area contributed by atoms with Crippen LogP contribution >= 0.6 is 11.6 Å². The van der Waals surface area contributed by atoms with Gasteiger partial charge in [-0.1, -0.05) is 11.6 Å². The van der Waals surface area contributed by atoms with Crippen LogP contribution in [0.5, 0.6) is 11.5 Å². The van der Waals surface area contributed by atoms with Gasteiger partial charge in [-0.05, 0) is 56.3 Å². The molecule has 0 aliphatic rings. The molecule has 25 heavy (non-hydrogen) atoms. The Morgan fingerprint density at radius 3 is 2.44 bits per heavy atom. The van der Waals surface area contributed by atoms with Crippen molar-refractivity contribution in [1.29, 1.82) is 0 Å². The Balaban J connectivity index is 1.81. The van der Waals surface area contributed by atoms with Gasteiger partial charge in [-0.15, -0.1) is 0 Å². The number of esters is 1. The summed E-state index contributed by atoms with van der Waals surface area (Å²) in [5.41, 5.74) is 6.77. The van der Waals surface area contributed by atoms with Crippen LogP contribution in [-0.4, -0.2) is 25.3 Å². The van der Waals surface area contributed by atoms with Crippen molar-refractivity contribution in [3.8, 4) is 11.5 Å². The highest BCUT2D eigenvalue weighted by atomic mass is 35.5. The highest BCUT2D eigenvalue weighted by Gasteiger charge is 2.12. The molecule has 0 radical (unpaired) electrons. The van der Waals surface area contributed by atoms with Gasteiger partial charge >= 0.3 is 5.97 Å². The molecule has 0 unspecified atom stereocenters. The number of hydrogen-bond acceptors (Lipinski definition) is 5. The van der Waals surface area contributed by atoms with Crippen molar-refractivity contribution in [2.75, 3.05) is 18.9 Å². The maximum absolute atomic E-state index is 11.9. The molecule has 0 aliphatic carbocycles. The molecule has 2 rings (SSSR count). The first-order valence-corrected chi connectivity index (χ1v) is 8.45. The second-order valence-corrected chi connectivity index (χ2v) is 6.15. The molecule has 2 N–H and O–H groups in total. The molecule has 0 saturated heterocycles. The Morgan fingerprint density at radius 1 is 1.08 bits per heavy atom. The SMILES string of the molecule is CC(C)OC(=O)c1ccc(N)c(OCCCOc2ccc(Cl)cc2)c1. The summed E-state index contributed by atoms with van der Waals surface area (Å²) in [5.74, 6) is 0.818. The van der Waals surface area contributed by atoms with E-state index in [-0.39, 0.29) is 6.10 Å². The number of ether oxygens (including phenoxy) is 3. The summed E-state index contributed by atoms with van der Waals surface area (Å²) in [4.78, 5) is 11.9. The molecule has 0 saturated carbocycles. The van der Waals surface area contributed by atoms with Gasteiger partial charge in [0.25, 0.3) is 0 Å². The number of hydrogen-bond donors (Lipinski definition) is 1. The smallest absolute Gasteiger partial charge is 0.338 e. The molecule has 0 amide bonds. The van der Waals surface area contributed by atoms with E-state index in [0.717, 1.165) is 5.75 Å². The number of anilines is 1. The number of nitrogen functional groups attached to an aromatic ring is 1. The molecule has 0 fully saturated rings. The van der Waals surface area contributed by atoms with Gasteiger partial charge in [0.15, 0.2) is 0 Å². The third-order valence-electron chi connectivity index (χ3n) is 3.22. The van der Waals surface area contributed by atoms with Gasteiger partial charge < -0.3 is 19.9 Å². The maximum atomic E-state index is 11.9. The second-order valence-electron chi connectivity index (χ2n) is 5.71. The molecule has 0 aromatic heterocycles. The van der Waals surface area contributed by atoms with E-state index in [9.17, 15) is 4.79 Å². The first kappa shape index (κ1) is 18.9. The van der Waals surface area contributed by atoms with Crippen LogP contribution < -0.4 is 15.2 Å². The first-order chi connectivity index (χ1) is 12.0. The van der Waals surface area contributed by atoms with Crippen molar-refractivity contribution in [3.63, 3.8) is 0 Å². The van der Waals surface area contributed by atoms with E-state index in [1.165, 1.54) is 0 Å². The summed E-state index contributed by atoms with van der Waals surface area (Å²) in [6, 6.07) is 12.0. The van der Waals surface area contributed by atoms with Crippen molar-refractivity contribution in [2.45, 2.75) is 26.4 Å². The van der Waals surface area contributed by atoms with Gasteiger partial charge in [-0.2, -0.15) is 0 Å². The monoisotopic (exact) mass is 363 g/mol. The van der Waals surface area contributed by atoms with Crippen molar-refractivity contribution in [2.24, 2.45) is 0 Å². The third-order valence-corrected chi connectivity index (χ3v) is 3.47. The van der Waals surface area contributed by atoms with E-state index in [1.54, 1.807) is 44.2 Å². The molecule has 0 aliphatic heterocycles. The predicted molar refractivity (Wildman–Crippen MR) is 98.5 cm³/mol. The fraction of sp³-hybridized carbons (Fsp3) is 0.316. The van der Waals surface area contributed by atoms with Crippen molar-refractivity contribution in [1.82, 2.24) is 0 Å². The lowest BCUT2D eigenvalue weighted by Crippen LogP contribution is -2.12. The van der Waals surface area contributed by atoms with E-state index in [0.29, 0.717) is 41.7 Å². The number of rotatable bonds is 8. The Kier molecular flexibility index (Phi) is 6.95. The van der Waals surface area contributed by atoms with Crippen molar-refractivity contribution >= 4 is 23.3 Å². The van der Waals surface area contributed by atoms with E-state index in [1.807, 2.05) is 12.1 Å². The standard InChI is InChI=1S/C19H22ClNO4/c1-13(2)25-19(22)14-4-9-17(21)18(12-14)24-11-3-10-23-16-7-5-15(20)6-8-16/h4-9,12-13H,3,10-11,21H2,1-2H3. The predicted octanol–water partition coefficient (Wildman–Crippen LogP) is 4.34. The minimum atomic E-state index is -0.397. The van der Waals surface area contributed by atoms with E-state index >= 15 is 0 Å². The third kappa shape index (κ3) is 6.19. The summed E-state index contributed by atoms with van der Waals surface area (Å²) in [6.45, 7) is 4.51. The quantitative estimate of drug-likeness (QED) is 0.429. The number of carbonyl (C=O) groups excluding carboxylic acids is 1. The molecule has 6 heteroatoms.